The van der Waals surface area contributed by atoms with Gasteiger partial charge in [0.2, 0.25) is 0 Å². The van der Waals surface area contributed by atoms with Crippen molar-refractivity contribution >= 4 is 0 Å². The highest BCUT2D eigenvalue weighted by Gasteiger charge is 2.21. The van der Waals surface area contributed by atoms with E-state index in [1.165, 1.54) is 32.2 Å². The van der Waals surface area contributed by atoms with Gasteiger partial charge >= 0.3 is 0 Å². The van der Waals surface area contributed by atoms with Crippen LogP contribution in [0.1, 0.15) is 32.6 Å². The van der Waals surface area contributed by atoms with Gasteiger partial charge in [0.15, 0.2) is 0 Å². The number of hydrogen-bond acceptors (Lipinski definition) is 2. The molecular weight excluding hydrogens is 150 g/mol. The highest BCUT2D eigenvalue weighted by molar-refractivity contribution is 4.78. The summed E-state index contributed by atoms with van der Waals surface area (Å²) in [6, 6.07) is 0.712. The molecule has 0 amide bonds. The Bertz CT molecular complexity index is 108. The highest BCUT2D eigenvalue weighted by Crippen LogP contribution is 2.18. The molecule has 1 aliphatic heterocycles. The summed E-state index contributed by atoms with van der Waals surface area (Å²) in [5.74, 6) is 0.718. The van der Waals surface area contributed by atoms with Crippen LogP contribution in [0.4, 0.5) is 0 Å². The zero-order valence-corrected chi connectivity index (χ0v) is 8.31. The van der Waals surface area contributed by atoms with Crippen molar-refractivity contribution in [3.8, 4) is 0 Å². The SMILES string of the molecule is CCC(COC)C1CCCCN1. The van der Waals surface area contributed by atoms with Crippen LogP contribution in [-0.4, -0.2) is 26.3 Å². The summed E-state index contributed by atoms with van der Waals surface area (Å²) in [6.07, 6.45) is 5.30. The van der Waals surface area contributed by atoms with E-state index in [2.05, 4.69) is 12.2 Å². The zero-order chi connectivity index (χ0) is 8.81. The van der Waals surface area contributed by atoms with Crippen molar-refractivity contribution in [3.63, 3.8) is 0 Å². The van der Waals surface area contributed by atoms with Crippen molar-refractivity contribution in [2.45, 2.75) is 38.6 Å². The third-order valence-corrected chi connectivity index (χ3v) is 2.82. The summed E-state index contributed by atoms with van der Waals surface area (Å²) in [7, 11) is 1.80. The predicted octanol–water partition coefficient (Wildman–Crippen LogP) is 1.80. The molecule has 1 N–H and O–H groups in total. The third-order valence-electron chi connectivity index (χ3n) is 2.82. The molecule has 2 atom stereocenters. The molecule has 2 heteroatoms. The van der Waals surface area contributed by atoms with Gasteiger partial charge in [0.1, 0.15) is 0 Å². The Kier molecular flexibility index (Phi) is 4.62. The van der Waals surface area contributed by atoms with Gasteiger partial charge in [-0.3, -0.25) is 0 Å². The van der Waals surface area contributed by atoms with Crippen molar-refractivity contribution in [2.24, 2.45) is 5.92 Å². The van der Waals surface area contributed by atoms with Crippen molar-refractivity contribution in [1.29, 1.82) is 0 Å². The van der Waals surface area contributed by atoms with Crippen LogP contribution < -0.4 is 5.32 Å². The van der Waals surface area contributed by atoms with E-state index in [0.717, 1.165) is 12.5 Å². The zero-order valence-electron chi connectivity index (χ0n) is 8.31. The standard InChI is InChI=1S/C10H21NO/c1-3-9(8-12-2)10-6-4-5-7-11-10/h9-11H,3-8H2,1-2H3. The van der Waals surface area contributed by atoms with Crippen LogP contribution in [0.3, 0.4) is 0 Å². The van der Waals surface area contributed by atoms with E-state index in [-0.39, 0.29) is 0 Å². The minimum Gasteiger partial charge on any atom is -0.384 e. The molecule has 0 saturated carbocycles. The molecule has 1 rings (SSSR count). The lowest BCUT2D eigenvalue weighted by Crippen LogP contribution is -2.41. The fraction of sp³-hybridized carbons (Fsp3) is 1.00. The van der Waals surface area contributed by atoms with Crippen LogP contribution >= 0.6 is 0 Å². The normalized spacial score (nSPS) is 27.0. The van der Waals surface area contributed by atoms with Crippen LogP contribution in [0.15, 0.2) is 0 Å². The number of ether oxygens (including phenoxy) is 1. The molecule has 0 radical (unpaired) electrons. The average Bonchev–Trinajstić information content (AvgIpc) is 2.15. The molecular formula is C10H21NO. The lowest BCUT2D eigenvalue weighted by molar-refractivity contribution is 0.119. The Labute approximate surface area is 75.7 Å². The molecule has 0 aromatic rings. The van der Waals surface area contributed by atoms with E-state index >= 15 is 0 Å². The topological polar surface area (TPSA) is 21.3 Å². The van der Waals surface area contributed by atoms with Gasteiger partial charge in [-0.25, -0.2) is 0 Å². The highest BCUT2D eigenvalue weighted by atomic mass is 16.5. The van der Waals surface area contributed by atoms with Crippen LogP contribution in [0.2, 0.25) is 0 Å². The predicted molar refractivity (Wildman–Crippen MR) is 51.3 cm³/mol. The van der Waals surface area contributed by atoms with Crippen LogP contribution in [-0.2, 0) is 4.74 Å². The lowest BCUT2D eigenvalue weighted by atomic mass is 9.91. The van der Waals surface area contributed by atoms with Crippen molar-refractivity contribution in [3.05, 3.63) is 0 Å². The monoisotopic (exact) mass is 171 g/mol. The van der Waals surface area contributed by atoms with Gasteiger partial charge in [0.25, 0.3) is 0 Å². The fourth-order valence-electron chi connectivity index (χ4n) is 2.01. The molecule has 0 bridgehead atoms. The fourth-order valence-corrected chi connectivity index (χ4v) is 2.01. The van der Waals surface area contributed by atoms with E-state index in [1.54, 1.807) is 7.11 Å². The van der Waals surface area contributed by atoms with Crippen molar-refractivity contribution in [1.82, 2.24) is 5.32 Å². The van der Waals surface area contributed by atoms with E-state index in [1.807, 2.05) is 0 Å². The molecule has 0 aromatic heterocycles. The van der Waals surface area contributed by atoms with Gasteiger partial charge in [-0.2, -0.15) is 0 Å². The van der Waals surface area contributed by atoms with Crippen molar-refractivity contribution in [2.75, 3.05) is 20.3 Å². The molecule has 1 aliphatic rings. The van der Waals surface area contributed by atoms with Crippen molar-refractivity contribution < 1.29 is 4.74 Å². The Morgan fingerprint density at radius 3 is 2.83 bits per heavy atom. The minimum absolute atomic E-state index is 0.712. The maximum Gasteiger partial charge on any atom is 0.0505 e. The summed E-state index contributed by atoms with van der Waals surface area (Å²) in [5, 5.41) is 3.57. The summed E-state index contributed by atoms with van der Waals surface area (Å²) in [6.45, 7) is 4.36. The van der Waals surface area contributed by atoms with Gasteiger partial charge in [-0.15, -0.1) is 0 Å². The number of rotatable bonds is 4. The van der Waals surface area contributed by atoms with Gasteiger partial charge in [0, 0.05) is 13.2 Å². The first-order valence-electron chi connectivity index (χ1n) is 5.10. The first-order valence-corrected chi connectivity index (χ1v) is 5.10. The summed E-state index contributed by atoms with van der Waals surface area (Å²) >= 11 is 0. The first kappa shape index (κ1) is 10.0. The molecule has 1 saturated heterocycles. The molecule has 72 valence electrons. The molecule has 1 fully saturated rings. The maximum absolute atomic E-state index is 5.21. The second-order valence-corrected chi connectivity index (χ2v) is 3.68. The Hall–Kier alpha value is -0.0800. The smallest absolute Gasteiger partial charge is 0.0505 e. The quantitative estimate of drug-likeness (QED) is 0.696. The molecule has 2 nitrogen and oxygen atoms in total. The number of methoxy groups -OCH3 is 1. The van der Waals surface area contributed by atoms with Crippen LogP contribution in [0.5, 0.6) is 0 Å². The van der Waals surface area contributed by atoms with E-state index in [4.69, 9.17) is 4.74 Å². The summed E-state index contributed by atoms with van der Waals surface area (Å²) in [5.41, 5.74) is 0. The lowest BCUT2D eigenvalue weighted by Gasteiger charge is -2.30. The minimum atomic E-state index is 0.712. The Morgan fingerprint density at radius 2 is 2.33 bits per heavy atom. The van der Waals surface area contributed by atoms with Crippen LogP contribution in [0, 0.1) is 5.92 Å². The molecule has 12 heavy (non-hydrogen) atoms. The van der Waals surface area contributed by atoms with E-state index in [9.17, 15) is 0 Å². The average molecular weight is 171 g/mol. The number of piperidine rings is 1. The van der Waals surface area contributed by atoms with Gasteiger partial charge in [-0.1, -0.05) is 13.3 Å². The number of hydrogen-bond donors (Lipinski definition) is 1. The second-order valence-electron chi connectivity index (χ2n) is 3.68. The van der Waals surface area contributed by atoms with Crippen LogP contribution in [0.25, 0.3) is 0 Å². The van der Waals surface area contributed by atoms with E-state index in [0.29, 0.717) is 6.04 Å². The molecule has 2 unspecified atom stereocenters. The summed E-state index contributed by atoms with van der Waals surface area (Å²) in [4.78, 5) is 0. The molecule has 1 heterocycles. The Morgan fingerprint density at radius 1 is 1.50 bits per heavy atom. The van der Waals surface area contributed by atoms with E-state index < -0.39 is 0 Å². The molecule has 0 aliphatic carbocycles. The van der Waals surface area contributed by atoms with Gasteiger partial charge in [0.05, 0.1) is 6.61 Å². The first-order chi connectivity index (χ1) is 5.88. The molecule has 0 aromatic carbocycles. The molecule has 0 spiro atoms. The second kappa shape index (κ2) is 5.55. The maximum atomic E-state index is 5.21. The Balaban J connectivity index is 2.29. The third kappa shape index (κ3) is 2.76. The van der Waals surface area contributed by atoms with Gasteiger partial charge < -0.3 is 10.1 Å². The summed E-state index contributed by atoms with van der Waals surface area (Å²) < 4.78 is 5.21. The number of nitrogens with one attached hydrogen (secondary N) is 1. The van der Waals surface area contributed by atoms with Gasteiger partial charge in [-0.05, 0) is 31.7 Å². The largest absolute Gasteiger partial charge is 0.384 e.